The summed E-state index contributed by atoms with van der Waals surface area (Å²) in [6.45, 7) is 4.76. The number of sulfonamides is 1. The lowest BCUT2D eigenvalue weighted by Gasteiger charge is -2.10. The van der Waals surface area contributed by atoms with Gasteiger partial charge in [-0.1, -0.05) is 32.0 Å². The molecule has 0 aliphatic rings. The second-order valence-corrected chi connectivity index (χ2v) is 7.14. The van der Waals surface area contributed by atoms with E-state index in [1.54, 1.807) is 12.3 Å². The van der Waals surface area contributed by atoms with Gasteiger partial charge in [0.2, 0.25) is 10.0 Å². The van der Waals surface area contributed by atoms with Crippen molar-refractivity contribution in [3.63, 3.8) is 0 Å². The fraction of sp³-hybridized carbons (Fsp3) is 0.400. The van der Waals surface area contributed by atoms with Crippen molar-refractivity contribution in [2.45, 2.75) is 26.3 Å². The van der Waals surface area contributed by atoms with Gasteiger partial charge in [-0.15, -0.1) is 0 Å². The van der Waals surface area contributed by atoms with Crippen LogP contribution in [0.15, 0.2) is 36.5 Å². The third-order valence-electron chi connectivity index (χ3n) is 3.01. The third-order valence-corrected chi connectivity index (χ3v) is 4.38. The molecule has 5 nitrogen and oxygen atoms in total. The molecule has 0 atom stereocenters. The molecule has 0 aliphatic carbocycles. The Balaban J connectivity index is 1.98. The topological polar surface area (TPSA) is 71.1 Å². The van der Waals surface area contributed by atoms with Gasteiger partial charge in [0.15, 0.2) is 0 Å². The van der Waals surface area contributed by atoms with Crippen molar-refractivity contribution in [3.05, 3.63) is 36.5 Å². The molecule has 6 heteroatoms. The van der Waals surface area contributed by atoms with E-state index < -0.39 is 10.0 Å². The van der Waals surface area contributed by atoms with Gasteiger partial charge in [0.1, 0.15) is 0 Å². The molecular weight excluding hydrogens is 286 g/mol. The molecule has 0 fully saturated rings. The van der Waals surface area contributed by atoms with Crippen LogP contribution >= 0.6 is 0 Å². The number of benzene rings is 1. The van der Waals surface area contributed by atoms with E-state index in [1.807, 2.05) is 38.1 Å². The molecule has 21 heavy (non-hydrogen) atoms. The highest BCUT2D eigenvalue weighted by molar-refractivity contribution is 7.92. The maximum Gasteiger partial charge on any atom is 0.232 e. The van der Waals surface area contributed by atoms with Crippen LogP contribution < -0.4 is 10.0 Å². The Labute approximate surface area is 125 Å². The summed E-state index contributed by atoms with van der Waals surface area (Å²) in [4.78, 5) is 4.25. The molecular formula is C15H21N3O2S. The first-order chi connectivity index (χ1) is 9.96. The normalized spacial score (nSPS) is 12.0. The molecule has 0 aliphatic heterocycles. The first-order valence-corrected chi connectivity index (χ1v) is 8.70. The number of nitrogens with one attached hydrogen (secondary N) is 2. The quantitative estimate of drug-likeness (QED) is 0.770. The van der Waals surface area contributed by atoms with Gasteiger partial charge in [0.05, 0.1) is 23.2 Å². The van der Waals surface area contributed by atoms with E-state index in [4.69, 9.17) is 0 Å². The van der Waals surface area contributed by atoms with E-state index in [9.17, 15) is 8.42 Å². The highest BCUT2D eigenvalue weighted by Gasteiger charge is 2.10. The number of fused-ring (bicyclic) bond motifs is 1. The van der Waals surface area contributed by atoms with Gasteiger partial charge in [-0.3, -0.25) is 9.71 Å². The van der Waals surface area contributed by atoms with Gasteiger partial charge >= 0.3 is 0 Å². The Hall–Kier alpha value is -1.66. The number of aromatic nitrogens is 1. The molecule has 2 aromatic rings. The zero-order valence-corrected chi connectivity index (χ0v) is 13.2. The molecule has 0 unspecified atom stereocenters. The molecule has 0 bridgehead atoms. The van der Waals surface area contributed by atoms with Gasteiger partial charge in [0.25, 0.3) is 0 Å². The van der Waals surface area contributed by atoms with E-state index in [1.165, 1.54) is 0 Å². The van der Waals surface area contributed by atoms with Crippen molar-refractivity contribution in [1.82, 2.24) is 10.3 Å². The lowest BCUT2D eigenvalue weighted by Crippen LogP contribution is -2.26. The number of hydrogen-bond donors (Lipinski definition) is 2. The molecule has 2 N–H and O–H groups in total. The Kier molecular flexibility index (Phi) is 5.14. The van der Waals surface area contributed by atoms with Crippen LogP contribution in [-0.4, -0.2) is 31.7 Å². The van der Waals surface area contributed by atoms with Crippen molar-refractivity contribution in [2.75, 3.05) is 17.0 Å². The summed E-state index contributed by atoms with van der Waals surface area (Å²) in [6, 6.07) is 9.77. The highest BCUT2D eigenvalue weighted by Crippen LogP contribution is 2.17. The van der Waals surface area contributed by atoms with Crippen molar-refractivity contribution in [1.29, 1.82) is 0 Å². The van der Waals surface area contributed by atoms with Crippen molar-refractivity contribution < 1.29 is 8.42 Å². The molecule has 1 aromatic carbocycles. The first kappa shape index (κ1) is 15.7. The highest BCUT2D eigenvalue weighted by atomic mass is 32.2. The average molecular weight is 307 g/mol. The molecule has 2 rings (SSSR count). The fourth-order valence-electron chi connectivity index (χ4n) is 2.01. The summed E-state index contributed by atoms with van der Waals surface area (Å²) in [5.41, 5.74) is 1.35. The lowest BCUT2D eigenvalue weighted by molar-refractivity contribution is 0.571. The second kappa shape index (κ2) is 6.87. The third kappa shape index (κ3) is 4.99. The average Bonchev–Trinajstić information content (AvgIpc) is 2.43. The monoisotopic (exact) mass is 307 g/mol. The van der Waals surface area contributed by atoms with Gasteiger partial charge < -0.3 is 5.32 Å². The summed E-state index contributed by atoms with van der Waals surface area (Å²) >= 11 is 0. The lowest BCUT2D eigenvalue weighted by atomic mass is 10.2. The van der Waals surface area contributed by atoms with Crippen molar-refractivity contribution >= 4 is 26.6 Å². The number of pyridine rings is 1. The number of rotatable bonds is 7. The molecule has 0 spiro atoms. The summed E-state index contributed by atoms with van der Waals surface area (Å²) in [5, 5.41) is 4.12. The van der Waals surface area contributed by atoms with Crippen LogP contribution in [-0.2, 0) is 10.0 Å². The minimum Gasteiger partial charge on any atom is -0.314 e. The van der Waals surface area contributed by atoms with Crippen LogP contribution in [0.2, 0.25) is 0 Å². The minimum absolute atomic E-state index is 0.0968. The van der Waals surface area contributed by atoms with Crippen LogP contribution in [0.25, 0.3) is 10.9 Å². The van der Waals surface area contributed by atoms with Gasteiger partial charge in [-0.05, 0) is 25.1 Å². The van der Waals surface area contributed by atoms with Crippen LogP contribution in [0, 0.1) is 0 Å². The molecule has 1 heterocycles. The largest absolute Gasteiger partial charge is 0.314 e. The van der Waals surface area contributed by atoms with E-state index in [0.29, 0.717) is 24.7 Å². The van der Waals surface area contributed by atoms with E-state index in [0.717, 1.165) is 10.9 Å². The van der Waals surface area contributed by atoms with Crippen LogP contribution in [0.3, 0.4) is 0 Å². The van der Waals surface area contributed by atoms with Crippen LogP contribution in [0.5, 0.6) is 0 Å². The SMILES string of the molecule is CC(C)NCCCS(=O)(=O)Nc1cnc2ccccc2c1. The molecule has 0 radical (unpaired) electrons. The molecule has 1 aromatic heterocycles. The summed E-state index contributed by atoms with van der Waals surface area (Å²) < 4.78 is 26.6. The van der Waals surface area contributed by atoms with Gasteiger partial charge in [-0.2, -0.15) is 0 Å². The molecule has 0 saturated carbocycles. The maximum absolute atomic E-state index is 12.0. The predicted molar refractivity (Wildman–Crippen MR) is 86.9 cm³/mol. The van der Waals surface area contributed by atoms with Crippen LogP contribution in [0.4, 0.5) is 5.69 Å². The van der Waals surface area contributed by atoms with Crippen molar-refractivity contribution in [3.8, 4) is 0 Å². The Morgan fingerprint density at radius 1 is 1.24 bits per heavy atom. The Bertz CT molecular complexity index is 699. The summed E-state index contributed by atoms with van der Waals surface area (Å²) in [6.07, 6.45) is 2.13. The zero-order chi connectivity index (χ0) is 15.3. The van der Waals surface area contributed by atoms with E-state index >= 15 is 0 Å². The van der Waals surface area contributed by atoms with Gasteiger partial charge in [-0.25, -0.2) is 8.42 Å². The number of anilines is 1. The maximum atomic E-state index is 12.0. The number of para-hydroxylation sites is 1. The smallest absolute Gasteiger partial charge is 0.232 e. The molecule has 0 amide bonds. The first-order valence-electron chi connectivity index (χ1n) is 7.05. The van der Waals surface area contributed by atoms with Crippen molar-refractivity contribution in [2.24, 2.45) is 0 Å². The second-order valence-electron chi connectivity index (χ2n) is 5.30. The Morgan fingerprint density at radius 3 is 2.76 bits per heavy atom. The van der Waals surface area contributed by atoms with Gasteiger partial charge in [0, 0.05) is 11.4 Å². The summed E-state index contributed by atoms with van der Waals surface area (Å²) in [5.74, 6) is 0.0968. The van der Waals surface area contributed by atoms with E-state index in [-0.39, 0.29) is 5.75 Å². The summed E-state index contributed by atoms with van der Waals surface area (Å²) in [7, 11) is -3.33. The minimum atomic E-state index is -3.33. The Morgan fingerprint density at radius 2 is 2.00 bits per heavy atom. The molecule has 114 valence electrons. The number of nitrogens with zero attached hydrogens (tertiary/aromatic N) is 1. The standard InChI is InChI=1S/C15H21N3O2S/c1-12(2)16-8-5-9-21(19,20)18-14-10-13-6-3-4-7-15(13)17-11-14/h3-4,6-7,10-12,16,18H,5,8-9H2,1-2H3. The predicted octanol–water partition coefficient (Wildman–Crippen LogP) is 2.36. The van der Waals surface area contributed by atoms with E-state index in [2.05, 4.69) is 15.0 Å². The molecule has 0 saturated heterocycles. The fourth-order valence-corrected chi connectivity index (χ4v) is 3.11. The zero-order valence-electron chi connectivity index (χ0n) is 12.3. The number of hydrogen-bond acceptors (Lipinski definition) is 4. The van der Waals surface area contributed by atoms with Crippen LogP contribution in [0.1, 0.15) is 20.3 Å².